The molecule has 2 aromatic rings. The van der Waals surface area contributed by atoms with Crippen molar-refractivity contribution in [3.8, 4) is 11.8 Å². The molecule has 0 saturated carbocycles. The summed E-state index contributed by atoms with van der Waals surface area (Å²) < 4.78 is 5.53. The predicted molar refractivity (Wildman–Crippen MR) is 86.3 cm³/mol. The molecule has 0 aliphatic carbocycles. The zero-order chi connectivity index (χ0) is 16.1. The van der Waals surface area contributed by atoms with Crippen molar-refractivity contribution in [2.75, 3.05) is 5.32 Å². The summed E-state index contributed by atoms with van der Waals surface area (Å²) in [4.78, 5) is 12.1. The fourth-order valence-corrected chi connectivity index (χ4v) is 2.19. The Labute approximate surface area is 138 Å². The molecule has 1 atom stereocenters. The molecule has 0 unspecified atom stereocenters. The Morgan fingerprint density at radius 2 is 2.00 bits per heavy atom. The van der Waals surface area contributed by atoms with Gasteiger partial charge in [-0.2, -0.15) is 5.26 Å². The molecular formula is C16H12Cl2N2O2. The van der Waals surface area contributed by atoms with Gasteiger partial charge in [0.2, 0.25) is 0 Å². The van der Waals surface area contributed by atoms with Crippen molar-refractivity contribution >= 4 is 34.8 Å². The molecule has 112 valence electrons. The second kappa shape index (κ2) is 7.17. The number of amides is 1. The number of carbonyl (C=O) groups is 1. The molecule has 6 heteroatoms. The smallest absolute Gasteiger partial charge is 0.265 e. The van der Waals surface area contributed by atoms with E-state index in [0.717, 1.165) is 0 Å². The predicted octanol–water partition coefficient (Wildman–Crippen LogP) is 4.27. The van der Waals surface area contributed by atoms with E-state index in [2.05, 4.69) is 5.32 Å². The highest BCUT2D eigenvalue weighted by Gasteiger charge is 2.17. The summed E-state index contributed by atoms with van der Waals surface area (Å²) in [5.74, 6) is -0.0215. The lowest BCUT2D eigenvalue weighted by molar-refractivity contribution is -0.122. The normalized spacial score (nSPS) is 11.4. The summed E-state index contributed by atoms with van der Waals surface area (Å²) in [6.07, 6.45) is -0.791. The number of rotatable bonds is 4. The van der Waals surface area contributed by atoms with E-state index in [1.807, 2.05) is 6.07 Å². The molecule has 0 aromatic heterocycles. The van der Waals surface area contributed by atoms with E-state index in [4.69, 9.17) is 33.2 Å². The Kier molecular flexibility index (Phi) is 5.26. The van der Waals surface area contributed by atoms with Gasteiger partial charge < -0.3 is 10.1 Å². The number of halogens is 2. The maximum Gasteiger partial charge on any atom is 0.265 e. The van der Waals surface area contributed by atoms with Crippen LogP contribution in [0.15, 0.2) is 42.5 Å². The van der Waals surface area contributed by atoms with Crippen LogP contribution in [0.2, 0.25) is 10.0 Å². The quantitative estimate of drug-likeness (QED) is 0.907. The third-order valence-corrected chi connectivity index (χ3v) is 3.42. The van der Waals surface area contributed by atoms with Crippen molar-refractivity contribution in [3.63, 3.8) is 0 Å². The summed E-state index contributed by atoms with van der Waals surface area (Å²) in [5.41, 5.74) is 0.812. The lowest BCUT2D eigenvalue weighted by Gasteiger charge is -2.16. The van der Waals surface area contributed by atoms with E-state index in [1.165, 1.54) is 6.07 Å². The molecule has 2 aromatic carbocycles. The lowest BCUT2D eigenvalue weighted by Crippen LogP contribution is -2.30. The molecule has 0 aliphatic heterocycles. The minimum Gasteiger partial charge on any atom is -0.480 e. The number of carbonyl (C=O) groups excluding carboxylic acids is 1. The SMILES string of the molecule is C[C@@H](Oc1ccccc1C#N)C(=O)Nc1ccc(Cl)cc1Cl. The Bertz CT molecular complexity index is 741. The van der Waals surface area contributed by atoms with Gasteiger partial charge in [-0.25, -0.2) is 0 Å². The van der Waals surface area contributed by atoms with E-state index in [0.29, 0.717) is 27.0 Å². The van der Waals surface area contributed by atoms with Crippen LogP contribution in [-0.4, -0.2) is 12.0 Å². The third kappa shape index (κ3) is 3.91. The molecule has 0 radical (unpaired) electrons. The van der Waals surface area contributed by atoms with Gasteiger partial charge in [0.25, 0.3) is 5.91 Å². The van der Waals surface area contributed by atoms with Crippen molar-refractivity contribution in [1.82, 2.24) is 0 Å². The Hall–Kier alpha value is -2.22. The molecular weight excluding hydrogens is 323 g/mol. The highest BCUT2D eigenvalue weighted by Crippen LogP contribution is 2.26. The summed E-state index contributed by atoms with van der Waals surface area (Å²) in [6, 6.07) is 13.5. The summed E-state index contributed by atoms with van der Waals surface area (Å²) in [5, 5.41) is 12.5. The van der Waals surface area contributed by atoms with Crippen LogP contribution in [0, 0.1) is 11.3 Å². The minimum atomic E-state index is -0.791. The molecule has 0 saturated heterocycles. The van der Waals surface area contributed by atoms with Gasteiger partial charge in [-0.3, -0.25) is 4.79 Å². The maximum atomic E-state index is 12.1. The monoisotopic (exact) mass is 334 g/mol. The first-order valence-electron chi connectivity index (χ1n) is 6.43. The number of nitrogens with one attached hydrogen (secondary N) is 1. The van der Waals surface area contributed by atoms with E-state index in [-0.39, 0.29) is 5.91 Å². The van der Waals surface area contributed by atoms with Crippen molar-refractivity contribution in [3.05, 3.63) is 58.1 Å². The highest BCUT2D eigenvalue weighted by molar-refractivity contribution is 6.36. The molecule has 0 fully saturated rings. The van der Waals surface area contributed by atoms with Crippen LogP contribution < -0.4 is 10.1 Å². The number of hydrogen-bond donors (Lipinski definition) is 1. The van der Waals surface area contributed by atoms with Crippen LogP contribution in [0.25, 0.3) is 0 Å². The van der Waals surface area contributed by atoms with E-state index in [1.54, 1.807) is 43.3 Å². The summed E-state index contributed by atoms with van der Waals surface area (Å²) in [7, 11) is 0. The molecule has 0 heterocycles. The molecule has 4 nitrogen and oxygen atoms in total. The first-order chi connectivity index (χ1) is 10.5. The van der Waals surface area contributed by atoms with Crippen LogP contribution in [-0.2, 0) is 4.79 Å². The van der Waals surface area contributed by atoms with Gasteiger partial charge in [-0.15, -0.1) is 0 Å². The molecule has 2 rings (SSSR count). The number of benzene rings is 2. The largest absolute Gasteiger partial charge is 0.480 e. The van der Waals surface area contributed by atoms with Crippen molar-refractivity contribution in [2.45, 2.75) is 13.0 Å². The first-order valence-corrected chi connectivity index (χ1v) is 7.18. The van der Waals surface area contributed by atoms with Gasteiger partial charge in [0.05, 0.1) is 16.3 Å². The second-order valence-electron chi connectivity index (χ2n) is 4.48. The topological polar surface area (TPSA) is 62.1 Å². The number of nitriles is 1. The summed E-state index contributed by atoms with van der Waals surface area (Å²) >= 11 is 11.8. The number of anilines is 1. The third-order valence-electron chi connectivity index (χ3n) is 2.87. The molecule has 22 heavy (non-hydrogen) atoms. The lowest BCUT2D eigenvalue weighted by atomic mass is 10.2. The zero-order valence-corrected chi connectivity index (χ0v) is 13.2. The Morgan fingerprint density at radius 1 is 1.27 bits per heavy atom. The minimum absolute atomic E-state index is 0.338. The zero-order valence-electron chi connectivity index (χ0n) is 11.6. The van der Waals surface area contributed by atoms with E-state index >= 15 is 0 Å². The fourth-order valence-electron chi connectivity index (χ4n) is 1.73. The van der Waals surface area contributed by atoms with Gasteiger partial charge in [0.15, 0.2) is 6.10 Å². The van der Waals surface area contributed by atoms with Crippen LogP contribution in [0.4, 0.5) is 5.69 Å². The number of ether oxygens (including phenoxy) is 1. The fraction of sp³-hybridized carbons (Fsp3) is 0.125. The number of para-hydroxylation sites is 1. The average Bonchev–Trinajstić information content (AvgIpc) is 2.50. The van der Waals surface area contributed by atoms with Gasteiger partial charge >= 0.3 is 0 Å². The first kappa shape index (κ1) is 16.2. The highest BCUT2D eigenvalue weighted by atomic mass is 35.5. The maximum absolute atomic E-state index is 12.1. The van der Waals surface area contributed by atoms with Gasteiger partial charge in [0, 0.05) is 5.02 Å². The molecule has 1 amide bonds. The van der Waals surface area contributed by atoms with Crippen molar-refractivity contribution in [2.24, 2.45) is 0 Å². The van der Waals surface area contributed by atoms with Gasteiger partial charge in [-0.05, 0) is 37.3 Å². The summed E-state index contributed by atoms with van der Waals surface area (Å²) in [6.45, 7) is 1.59. The molecule has 0 aliphatic rings. The molecule has 1 N–H and O–H groups in total. The van der Waals surface area contributed by atoms with E-state index in [9.17, 15) is 4.79 Å². The van der Waals surface area contributed by atoms with Crippen LogP contribution in [0.1, 0.15) is 12.5 Å². The standard InChI is InChI=1S/C16H12Cl2N2O2/c1-10(22-15-5-3-2-4-11(15)9-19)16(21)20-14-7-6-12(17)8-13(14)18/h2-8,10H,1H3,(H,20,21)/t10-/m1/s1. The van der Waals surface area contributed by atoms with Crippen LogP contribution in [0.3, 0.4) is 0 Å². The van der Waals surface area contributed by atoms with Crippen LogP contribution in [0.5, 0.6) is 5.75 Å². The average molecular weight is 335 g/mol. The Morgan fingerprint density at radius 3 is 2.68 bits per heavy atom. The number of nitrogens with zero attached hydrogens (tertiary/aromatic N) is 1. The van der Waals surface area contributed by atoms with Crippen molar-refractivity contribution < 1.29 is 9.53 Å². The van der Waals surface area contributed by atoms with Gasteiger partial charge in [0.1, 0.15) is 11.8 Å². The van der Waals surface area contributed by atoms with Gasteiger partial charge in [-0.1, -0.05) is 35.3 Å². The van der Waals surface area contributed by atoms with E-state index < -0.39 is 6.10 Å². The van der Waals surface area contributed by atoms with Crippen molar-refractivity contribution in [1.29, 1.82) is 5.26 Å². The van der Waals surface area contributed by atoms with Crippen LogP contribution >= 0.6 is 23.2 Å². The molecule has 0 spiro atoms. The Balaban J connectivity index is 2.08. The second-order valence-corrected chi connectivity index (χ2v) is 5.33. The number of hydrogen-bond acceptors (Lipinski definition) is 3. The molecule has 0 bridgehead atoms.